The summed E-state index contributed by atoms with van der Waals surface area (Å²) in [6, 6.07) is 15.9. The summed E-state index contributed by atoms with van der Waals surface area (Å²) in [4.78, 5) is 0. The van der Waals surface area contributed by atoms with Gasteiger partial charge in [0.05, 0.1) is 12.8 Å². The lowest BCUT2D eigenvalue weighted by Crippen LogP contribution is -2.05. The summed E-state index contributed by atoms with van der Waals surface area (Å²) in [7, 11) is 0. The normalized spacial score (nSPS) is 10.8. The zero-order valence-electron chi connectivity index (χ0n) is 9.61. The van der Waals surface area contributed by atoms with Crippen LogP contribution < -0.4 is 5.43 Å². The second kappa shape index (κ2) is 6.75. The summed E-state index contributed by atoms with van der Waals surface area (Å²) in [6.45, 7) is 0.626. The molecule has 0 fully saturated rings. The van der Waals surface area contributed by atoms with E-state index in [1.165, 1.54) is 3.57 Å². The van der Waals surface area contributed by atoms with Gasteiger partial charge in [-0.15, -0.1) is 0 Å². The number of nitrogens with one attached hydrogen (secondary N) is 1. The molecule has 0 unspecified atom stereocenters. The first kappa shape index (κ1) is 13.4. The summed E-state index contributed by atoms with van der Waals surface area (Å²) in [6.07, 6.45) is 1.80. The fraction of sp³-hybridized carbons (Fsp3) is 0.0714. The van der Waals surface area contributed by atoms with Crippen LogP contribution in [0.4, 0.5) is 0 Å². The van der Waals surface area contributed by atoms with E-state index in [0.29, 0.717) is 6.54 Å². The van der Waals surface area contributed by atoms with Gasteiger partial charge < -0.3 is 5.43 Å². The fourth-order valence-electron chi connectivity index (χ4n) is 1.44. The van der Waals surface area contributed by atoms with E-state index in [9.17, 15) is 0 Å². The van der Waals surface area contributed by atoms with Gasteiger partial charge in [-0.1, -0.05) is 41.9 Å². The molecule has 2 aromatic rings. The Bertz CT molecular complexity index is 538. The van der Waals surface area contributed by atoms with Gasteiger partial charge in [0.25, 0.3) is 0 Å². The predicted molar refractivity (Wildman–Crippen MR) is 85.0 cm³/mol. The zero-order chi connectivity index (χ0) is 12.8. The van der Waals surface area contributed by atoms with Crippen molar-refractivity contribution in [2.75, 3.05) is 0 Å². The van der Waals surface area contributed by atoms with E-state index in [-0.39, 0.29) is 0 Å². The van der Waals surface area contributed by atoms with E-state index in [0.717, 1.165) is 16.1 Å². The molecular weight excluding hydrogens is 359 g/mol. The van der Waals surface area contributed by atoms with Crippen molar-refractivity contribution >= 4 is 40.4 Å². The van der Waals surface area contributed by atoms with Crippen molar-refractivity contribution in [2.45, 2.75) is 6.54 Å². The smallest absolute Gasteiger partial charge is 0.0594 e. The van der Waals surface area contributed by atoms with Crippen LogP contribution >= 0.6 is 34.2 Å². The van der Waals surface area contributed by atoms with Crippen LogP contribution in [0.3, 0.4) is 0 Å². The molecular formula is C14H12ClIN2. The maximum Gasteiger partial charge on any atom is 0.0594 e. The van der Waals surface area contributed by atoms with Gasteiger partial charge in [0, 0.05) is 8.59 Å². The molecule has 0 saturated carbocycles. The van der Waals surface area contributed by atoms with Crippen molar-refractivity contribution in [3.05, 3.63) is 68.3 Å². The number of hydrogen-bond donors (Lipinski definition) is 1. The van der Waals surface area contributed by atoms with Crippen molar-refractivity contribution < 1.29 is 0 Å². The standard InChI is InChI=1S/C14H12ClIN2/c15-14-4-2-1-3-12(14)10-18-17-9-11-5-7-13(16)8-6-11/h1-9,18H,10H2/b17-9-. The van der Waals surface area contributed by atoms with Crippen LogP contribution in [0.15, 0.2) is 53.6 Å². The van der Waals surface area contributed by atoms with Crippen molar-refractivity contribution in [1.82, 2.24) is 5.43 Å². The Hall–Kier alpha value is -1.07. The van der Waals surface area contributed by atoms with E-state index in [4.69, 9.17) is 11.6 Å². The minimum Gasteiger partial charge on any atom is -0.306 e. The van der Waals surface area contributed by atoms with Gasteiger partial charge in [-0.2, -0.15) is 5.10 Å². The van der Waals surface area contributed by atoms with Crippen LogP contribution in [0.25, 0.3) is 0 Å². The predicted octanol–water partition coefficient (Wildman–Crippen LogP) is 4.07. The van der Waals surface area contributed by atoms with Gasteiger partial charge in [-0.3, -0.25) is 0 Å². The number of halogens is 2. The Morgan fingerprint density at radius 2 is 1.83 bits per heavy atom. The van der Waals surface area contributed by atoms with Crippen LogP contribution in [0.5, 0.6) is 0 Å². The van der Waals surface area contributed by atoms with Gasteiger partial charge in [0.2, 0.25) is 0 Å². The summed E-state index contributed by atoms with van der Waals surface area (Å²) < 4.78 is 1.22. The van der Waals surface area contributed by atoms with E-state index in [2.05, 4.69) is 45.3 Å². The van der Waals surface area contributed by atoms with Gasteiger partial charge in [-0.25, -0.2) is 0 Å². The van der Waals surface area contributed by atoms with Gasteiger partial charge in [0.15, 0.2) is 0 Å². The first-order chi connectivity index (χ1) is 8.75. The lowest BCUT2D eigenvalue weighted by Gasteiger charge is -2.02. The molecule has 0 radical (unpaired) electrons. The average molecular weight is 371 g/mol. The zero-order valence-corrected chi connectivity index (χ0v) is 12.5. The van der Waals surface area contributed by atoms with Gasteiger partial charge >= 0.3 is 0 Å². The largest absolute Gasteiger partial charge is 0.306 e. The van der Waals surface area contributed by atoms with E-state index < -0.39 is 0 Å². The molecule has 0 bridgehead atoms. The molecule has 4 heteroatoms. The fourth-order valence-corrected chi connectivity index (χ4v) is 2.00. The van der Waals surface area contributed by atoms with E-state index in [1.807, 2.05) is 36.4 Å². The first-order valence-electron chi connectivity index (χ1n) is 5.50. The minimum atomic E-state index is 0.626. The third-order valence-corrected chi connectivity index (χ3v) is 3.49. The van der Waals surface area contributed by atoms with Crippen molar-refractivity contribution in [3.8, 4) is 0 Å². The Kier molecular flexibility index (Phi) is 5.01. The number of hydrazone groups is 1. The summed E-state index contributed by atoms with van der Waals surface area (Å²) >= 11 is 8.32. The third-order valence-electron chi connectivity index (χ3n) is 2.40. The molecule has 0 amide bonds. The lowest BCUT2D eigenvalue weighted by molar-refractivity contribution is 0.748. The summed E-state index contributed by atoms with van der Waals surface area (Å²) in [5.41, 5.74) is 5.10. The topological polar surface area (TPSA) is 24.4 Å². The maximum absolute atomic E-state index is 6.04. The van der Waals surface area contributed by atoms with Crippen LogP contribution in [0.2, 0.25) is 5.02 Å². The first-order valence-corrected chi connectivity index (χ1v) is 6.96. The Morgan fingerprint density at radius 1 is 1.11 bits per heavy atom. The highest BCUT2D eigenvalue weighted by atomic mass is 127. The molecule has 0 aliphatic rings. The third kappa shape index (κ3) is 3.99. The highest BCUT2D eigenvalue weighted by Gasteiger charge is 1.96. The minimum absolute atomic E-state index is 0.626. The Balaban J connectivity index is 1.89. The molecule has 0 heterocycles. The quantitative estimate of drug-likeness (QED) is 0.490. The highest BCUT2D eigenvalue weighted by Crippen LogP contribution is 2.14. The van der Waals surface area contributed by atoms with Gasteiger partial charge in [-0.05, 0) is 51.9 Å². The van der Waals surface area contributed by atoms with Crippen molar-refractivity contribution in [2.24, 2.45) is 5.10 Å². The highest BCUT2D eigenvalue weighted by molar-refractivity contribution is 14.1. The number of benzene rings is 2. The SMILES string of the molecule is Clc1ccccc1CN/N=C\c1ccc(I)cc1. The molecule has 0 aliphatic carbocycles. The molecule has 0 aromatic heterocycles. The van der Waals surface area contributed by atoms with E-state index >= 15 is 0 Å². The molecule has 0 saturated heterocycles. The molecule has 2 nitrogen and oxygen atoms in total. The number of rotatable bonds is 4. The van der Waals surface area contributed by atoms with Crippen LogP contribution in [-0.4, -0.2) is 6.21 Å². The molecule has 0 aliphatic heterocycles. The monoisotopic (exact) mass is 370 g/mol. The van der Waals surface area contributed by atoms with Crippen molar-refractivity contribution in [3.63, 3.8) is 0 Å². The average Bonchev–Trinajstić information content (AvgIpc) is 2.39. The van der Waals surface area contributed by atoms with Crippen LogP contribution in [0.1, 0.15) is 11.1 Å². The Labute approximate surface area is 125 Å². The van der Waals surface area contributed by atoms with Crippen LogP contribution in [0, 0.1) is 3.57 Å². The molecule has 92 valence electrons. The molecule has 0 spiro atoms. The van der Waals surface area contributed by atoms with Crippen molar-refractivity contribution in [1.29, 1.82) is 0 Å². The van der Waals surface area contributed by atoms with Gasteiger partial charge in [0.1, 0.15) is 0 Å². The molecule has 18 heavy (non-hydrogen) atoms. The maximum atomic E-state index is 6.04. The molecule has 0 atom stereocenters. The number of nitrogens with zero attached hydrogens (tertiary/aromatic N) is 1. The Morgan fingerprint density at radius 3 is 2.56 bits per heavy atom. The molecule has 2 rings (SSSR count). The summed E-state index contributed by atoms with van der Waals surface area (Å²) in [5.74, 6) is 0. The second-order valence-corrected chi connectivity index (χ2v) is 5.39. The number of hydrogen-bond acceptors (Lipinski definition) is 2. The van der Waals surface area contributed by atoms with E-state index in [1.54, 1.807) is 6.21 Å². The second-order valence-electron chi connectivity index (χ2n) is 3.74. The summed E-state index contributed by atoms with van der Waals surface area (Å²) in [5, 5.41) is 4.93. The molecule has 2 aromatic carbocycles. The molecule has 1 N–H and O–H groups in total. The van der Waals surface area contributed by atoms with Crippen LogP contribution in [-0.2, 0) is 6.54 Å². The lowest BCUT2D eigenvalue weighted by atomic mass is 10.2.